The Hall–Kier alpha value is -1.85. The molecule has 0 radical (unpaired) electrons. The average molecular weight is 376 g/mol. The van der Waals surface area contributed by atoms with Gasteiger partial charge in [0.05, 0.1) is 25.2 Å². The van der Waals surface area contributed by atoms with Gasteiger partial charge in [0.1, 0.15) is 11.5 Å². The fourth-order valence-electron chi connectivity index (χ4n) is 4.20. The molecule has 3 aliphatic heterocycles. The topological polar surface area (TPSA) is 55.8 Å². The molecule has 6 heteroatoms. The highest BCUT2D eigenvalue weighted by Crippen LogP contribution is 2.53. The predicted molar refractivity (Wildman–Crippen MR) is 98.1 cm³/mol. The van der Waals surface area contributed by atoms with E-state index in [0.717, 1.165) is 24.1 Å². The molecule has 1 aromatic rings. The van der Waals surface area contributed by atoms with Crippen LogP contribution in [0.2, 0.25) is 5.02 Å². The first-order chi connectivity index (χ1) is 12.5. The minimum absolute atomic E-state index is 0.0870. The Labute approximate surface area is 157 Å². The molecule has 2 bridgehead atoms. The predicted octanol–water partition coefficient (Wildman–Crippen LogP) is 3.28. The maximum Gasteiger partial charge on any atom is 0.312 e. The Balaban J connectivity index is 1.60. The third kappa shape index (κ3) is 2.57. The summed E-state index contributed by atoms with van der Waals surface area (Å²) < 4.78 is 11.5. The van der Waals surface area contributed by atoms with E-state index in [1.807, 2.05) is 38.1 Å². The second-order valence-electron chi connectivity index (χ2n) is 7.28. The van der Waals surface area contributed by atoms with Crippen molar-refractivity contribution in [2.24, 2.45) is 11.8 Å². The molecule has 0 saturated carbocycles. The zero-order valence-electron chi connectivity index (χ0n) is 14.9. The normalized spacial score (nSPS) is 31.6. The van der Waals surface area contributed by atoms with E-state index in [1.54, 1.807) is 11.0 Å². The standard InChI is InChI=1S/C20H22ClNO4/c1-3-4-9-25-19(24)16-15-7-8-20(26-15)11-22(18(23)17(16)20)13-5-6-14(21)12(2)10-13/h5-8,10,15-17H,3-4,9,11H2,1-2H3/t15-,16+,17-,20+/m0/s1. The van der Waals surface area contributed by atoms with Crippen LogP contribution in [0.4, 0.5) is 5.69 Å². The Morgan fingerprint density at radius 2 is 2.27 bits per heavy atom. The molecule has 5 nitrogen and oxygen atoms in total. The lowest BCUT2D eigenvalue weighted by Crippen LogP contribution is -2.40. The average Bonchev–Trinajstić information content (AvgIpc) is 3.26. The van der Waals surface area contributed by atoms with Gasteiger partial charge in [-0.1, -0.05) is 37.1 Å². The maximum absolute atomic E-state index is 13.2. The van der Waals surface area contributed by atoms with Crippen molar-refractivity contribution < 1.29 is 19.1 Å². The Morgan fingerprint density at radius 3 is 3.00 bits per heavy atom. The number of unbranched alkanes of at least 4 members (excludes halogenated alkanes) is 1. The third-order valence-electron chi connectivity index (χ3n) is 5.57. The lowest BCUT2D eigenvalue weighted by Gasteiger charge is -2.22. The van der Waals surface area contributed by atoms with E-state index in [-0.39, 0.29) is 18.0 Å². The molecule has 0 aliphatic carbocycles. The highest BCUT2D eigenvalue weighted by molar-refractivity contribution is 6.31. The van der Waals surface area contributed by atoms with Gasteiger partial charge < -0.3 is 14.4 Å². The number of ether oxygens (including phenoxy) is 2. The summed E-state index contributed by atoms with van der Waals surface area (Å²) >= 11 is 6.11. The molecule has 4 atom stereocenters. The van der Waals surface area contributed by atoms with Crippen molar-refractivity contribution >= 4 is 29.2 Å². The van der Waals surface area contributed by atoms with Gasteiger partial charge >= 0.3 is 5.97 Å². The molecule has 138 valence electrons. The van der Waals surface area contributed by atoms with Crippen LogP contribution >= 0.6 is 11.6 Å². The molecule has 1 amide bonds. The number of amides is 1. The molecule has 1 spiro atoms. The number of benzene rings is 1. The fourth-order valence-corrected chi connectivity index (χ4v) is 4.31. The Kier molecular flexibility index (Phi) is 4.32. The van der Waals surface area contributed by atoms with Crippen LogP contribution in [0.5, 0.6) is 0 Å². The van der Waals surface area contributed by atoms with Crippen LogP contribution < -0.4 is 4.90 Å². The van der Waals surface area contributed by atoms with Gasteiger partial charge in [-0.2, -0.15) is 0 Å². The quantitative estimate of drug-likeness (QED) is 0.450. The largest absolute Gasteiger partial charge is 0.465 e. The van der Waals surface area contributed by atoms with Crippen molar-refractivity contribution in [2.75, 3.05) is 18.1 Å². The number of esters is 1. The van der Waals surface area contributed by atoms with E-state index in [4.69, 9.17) is 21.1 Å². The maximum atomic E-state index is 13.2. The van der Waals surface area contributed by atoms with E-state index >= 15 is 0 Å². The summed E-state index contributed by atoms with van der Waals surface area (Å²) in [6.45, 7) is 4.74. The number of anilines is 1. The van der Waals surface area contributed by atoms with E-state index < -0.39 is 17.4 Å². The van der Waals surface area contributed by atoms with Crippen LogP contribution in [0.1, 0.15) is 25.3 Å². The minimum atomic E-state index is -0.732. The molecule has 2 fully saturated rings. The van der Waals surface area contributed by atoms with Crippen LogP contribution in [-0.2, 0) is 19.1 Å². The molecular weight excluding hydrogens is 354 g/mol. The molecule has 0 unspecified atom stereocenters. The molecule has 0 aromatic heterocycles. The summed E-state index contributed by atoms with van der Waals surface area (Å²) in [4.78, 5) is 27.5. The summed E-state index contributed by atoms with van der Waals surface area (Å²) in [5.41, 5.74) is 0.950. The molecule has 3 aliphatic rings. The first-order valence-electron chi connectivity index (χ1n) is 9.08. The van der Waals surface area contributed by atoms with Crippen LogP contribution in [-0.4, -0.2) is 36.7 Å². The van der Waals surface area contributed by atoms with Crippen LogP contribution in [0.25, 0.3) is 0 Å². The third-order valence-corrected chi connectivity index (χ3v) is 5.99. The number of carbonyl (C=O) groups is 2. The van der Waals surface area contributed by atoms with Crippen molar-refractivity contribution in [1.82, 2.24) is 0 Å². The number of fused-ring (bicyclic) bond motifs is 1. The van der Waals surface area contributed by atoms with Gasteiger partial charge in [-0.15, -0.1) is 0 Å². The van der Waals surface area contributed by atoms with Gasteiger partial charge in [0, 0.05) is 10.7 Å². The molecule has 0 N–H and O–H groups in total. The second-order valence-corrected chi connectivity index (χ2v) is 7.69. The van der Waals surface area contributed by atoms with Crippen LogP contribution in [0.3, 0.4) is 0 Å². The molecule has 26 heavy (non-hydrogen) atoms. The number of aryl methyl sites for hydroxylation is 1. The minimum Gasteiger partial charge on any atom is -0.465 e. The Bertz CT molecular complexity index is 792. The number of hydrogen-bond acceptors (Lipinski definition) is 4. The fraction of sp³-hybridized carbons (Fsp3) is 0.500. The monoisotopic (exact) mass is 375 g/mol. The summed E-state index contributed by atoms with van der Waals surface area (Å²) in [5.74, 6) is -1.51. The zero-order chi connectivity index (χ0) is 18.5. The lowest BCUT2D eigenvalue weighted by molar-refractivity contribution is -0.152. The number of carbonyl (C=O) groups excluding carboxylic acids is 2. The zero-order valence-corrected chi connectivity index (χ0v) is 15.7. The summed E-state index contributed by atoms with van der Waals surface area (Å²) in [7, 11) is 0. The van der Waals surface area contributed by atoms with Crippen molar-refractivity contribution in [1.29, 1.82) is 0 Å². The number of halogens is 1. The van der Waals surface area contributed by atoms with E-state index in [2.05, 4.69) is 0 Å². The van der Waals surface area contributed by atoms with Crippen LogP contribution in [0, 0.1) is 18.8 Å². The lowest BCUT2D eigenvalue weighted by atomic mass is 9.77. The molecule has 2 saturated heterocycles. The van der Waals surface area contributed by atoms with E-state index in [1.165, 1.54) is 0 Å². The number of hydrogen-bond donors (Lipinski definition) is 0. The first kappa shape index (κ1) is 17.6. The van der Waals surface area contributed by atoms with Crippen molar-refractivity contribution in [3.63, 3.8) is 0 Å². The number of nitrogens with zero attached hydrogens (tertiary/aromatic N) is 1. The molecule has 3 heterocycles. The van der Waals surface area contributed by atoms with Crippen molar-refractivity contribution in [3.8, 4) is 0 Å². The van der Waals surface area contributed by atoms with Crippen molar-refractivity contribution in [3.05, 3.63) is 40.9 Å². The SMILES string of the molecule is CCCCOC(=O)[C@@H]1[C@@H]2C=C[C@]3(CN(c4ccc(Cl)c(C)c4)C(=O)[C@H]13)O2. The van der Waals surface area contributed by atoms with Crippen LogP contribution in [0.15, 0.2) is 30.4 Å². The molecule has 4 rings (SSSR count). The smallest absolute Gasteiger partial charge is 0.312 e. The second kappa shape index (κ2) is 6.39. The van der Waals surface area contributed by atoms with E-state index in [0.29, 0.717) is 18.2 Å². The highest BCUT2D eigenvalue weighted by atomic mass is 35.5. The summed E-state index contributed by atoms with van der Waals surface area (Å²) in [5, 5.41) is 0.660. The number of rotatable bonds is 5. The Morgan fingerprint density at radius 1 is 1.46 bits per heavy atom. The summed E-state index contributed by atoms with van der Waals surface area (Å²) in [6.07, 6.45) is 5.24. The van der Waals surface area contributed by atoms with Gasteiger partial charge in [-0.3, -0.25) is 9.59 Å². The first-order valence-corrected chi connectivity index (χ1v) is 9.46. The van der Waals surface area contributed by atoms with Gasteiger partial charge in [0.2, 0.25) is 5.91 Å². The van der Waals surface area contributed by atoms with Gasteiger partial charge in [0.25, 0.3) is 0 Å². The van der Waals surface area contributed by atoms with Gasteiger partial charge in [-0.25, -0.2) is 0 Å². The molecule has 1 aromatic carbocycles. The van der Waals surface area contributed by atoms with Gasteiger partial charge in [0.15, 0.2) is 0 Å². The molecular formula is C20H22ClNO4. The highest BCUT2D eigenvalue weighted by Gasteiger charge is 2.67. The summed E-state index contributed by atoms with van der Waals surface area (Å²) in [6, 6.07) is 5.51. The van der Waals surface area contributed by atoms with Gasteiger partial charge in [-0.05, 0) is 37.1 Å². The van der Waals surface area contributed by atoms with Crippen molar-refractivity contribution in [2.45, 2.75) is 38.4 Å². The van der Waals surface area contributed by atoms with E-state index in [9.17, 15) is 9.59 Å².